The van der Waals surface area contributed by atoms with E-state index < -0.39 is 8.60 Å². The van der Waals surface area contributed by atoms with Gasteiger partial charge in [-0.2, -0.15) is 0 Å². The Balaban J connectivity index is 2.26. The molecule has 1 N–H and O–H groups in total. The SMILES string of the molecule is CC(C)(C)c1ccc(OP(O)Oc2ccccc2)c(C(C)(C)C)c1. The van der Waals surface area contributed by atoms with E-state index in [4.69, 9.17) is 9.05 Å². The monoisotopic (exact) mass is 346 g/mol. The van der Waals surface area contributed by atoms with Gasteiger partial charge < -0.3 is 13.9 Å². The van der Waals surface area contributed by atoms with E-state index in [9.17, 15) is 4.89 Å². The van der Waals surface area contributed by atoms with Crippen molar-refractivity contribution in [1.82, 2.24) is 0 Å². The van der Waals surface area contributed by atoms with E-state index in [1.807, 2.05) is 24.3 Å². The molecule has 1 unspecified atom stereocenters. The van der Waals surface area contributed by atoms with Crippen LogP contribution in [0.5, 0.6) is 11.5 Å². The van der Waals surface area contributed by atoms with Crippen LogP contribution in [0.15, 0.2) is 48.5 Å². The normalized spacial score (nSPS) is 13.5. The Morgan fingerprint density at radius 1 is 0.792 bits per heavy atom. The van der Waals surface area contributed by atoms with Gasteiger partial charge in [-0.05, 0) is 34.6 Å². The summed E-state index contributed by atoms with van der Waals surface area (Å²) in [6, 6.07) is 15.4. The molecule has 0 bridgehead atoms. The lowest BCUT2D eigenvalue weighted by atomic mass is 9.80. The Kier molecular flexibility index (Phi) is 5.57. The van der Waals surface area contributed by atoms with E-state index in [1.165, 1.54) is 5.56 Å². The highest BCUT2D eigenvalue weighted by molar-refractivity contribution is 7.41. The Morgan fingerprint density at radius 2 is 1.42 bits per heavy atom. The molecular formula is C20H27O3P. The highest BCUT2D eigenvalue weighted by atomic mass is 31.2. The standard InChI is InChI=1S/C20H27O3P/c1-19(2,3)15-12-13-18(17(14-15)20(4,5)6)23-24(21)22-16-10-8-7-9-11-16/h7-14,21H,1-6H3. The van der Waals surface area contributed by atoms with Gasteiger partial charge in [-0.25, -0.2) is 0 Å². The van der Waals surface area contributed by atoms with Crippen LogP contribution in [0, 0.1) is 0 Å². The van der Waals surface area contributed by atoms with Crippen LogP contribution in [0.1, 0.15) is 52.7 Å². The predicted octanol–water partition coefficient (Wildman–Crippen LogP) is 5.96. The molecule has 0 saturated heterocycles. The molecule has 0 aliphatic heterocycles. The minimum Gasteiger partial charge on any atom is -0.418 e. The van der Waals surface area contributed by atoms with Gasteiger partial charge in [0.25, 0.3) is 0 Å². The summed E-state index contributed by atoms with van der Waals surface area (Å²) in [5.41, 5.74) is 2.27. The lowest BCUT2D eigenvalue weighted by molar-refractivity contribution is 0.376. The first-order valence-electron chi connectivity index (χ1n) is 8.12. The average molecular weight is 346 g/mol. The Labute approximate surface area is 146 Å². The van der Waals surface area contributed by atoms with E-state index in [-0.39, 0.29) is 10.8 Å². The van der Waals surface area contributed by atoms with Gasteiger partial charge in [-0.1, -0.05) is 71.9 Å². The molecule has 2 rings (SSSR count). The van der Waals surface area contributed by atoms with Crippen LogP contribution in [0.4, 0.5) is 0 Å². The van der Waals surface area contributed by atoms with Crippen LogP contribution in [0.2, 0.25) is 0 Å². The van der Waals surface area contributed by atoms with Crippen molar-refractivity contribution in [3.8, 4) is 11.5 Å². The summed E-state index contributed by atoms with van der Waals surface area (Å²) in [6.45, 7) is 13.0. The largest absolute Gasteiger partial charge is 0.460 e. The van der Waals surface area contributed by atoms with Gasteiger partial charge in [0.2, 0.25) is 0 Å². The van der Waals surface area contributed by atoms with Crippen molar-refractivity contribution in [2.45, 2.75) is 52.4 Å². The van der Waals surface area contributed by atoms with Gasteiger partial charge in [0.1, 0.15) is 11.5 Å². The summed E-state index contributed by atoms with van der Waals surface area (Å²) in [5, 5.41) is 0. The van der Waals surface area contributed by atoms with Gasteiger partial charge >= 0.3 is 8.60 Å². The van der Waals surface area contributed by atoms with Crippen LogP contribution in [0.25, 0.3) is 0 Å². The zero-order valence-corrected chi connectivity index (χ0v) is 16.2. The fraction of sp³-hybridized carbons (Fsp3) is 0.400. The number of benzene rings is 2. The third-order valence-corrected chi connectivity index (χ3v) is 4.48. The molecule has 0 radical (unpaired) electrons. The predicted molar refractivity (Wildman–Crippen MR) is 101 cm³/mol. The average Bonchev–Trinajstić information content (AvgIpc) is 2.46. The van der Waals surface area contributed by atoms with Crippen molar-refractivity contribution in [3.05, 3.63) is 59.7 Å². The molecule has 0 fully saturated rings. The molecule has 3 nitrogen and oxygen atoms in total. The molecule has 0 amide bonds. The molecule has 0 aliphatic rings. The number of hydrogen-bond donors (Lipinski definition) is 1. The van der Waals surface area contributed by atoms with Crippen molar-refractivity contribution in [2.24, 2.45) is 0 Å². The van der Waals surface area contributed by atoms with Crippen LogP contribution >= 0.6 is 8.60 Å². The van der Waals surface area contributed by atoms with Gasteiger partial charge in [0.05, 0.1) is 0 Å². The van der Waals surface area contributed by atoms with Gasteiger partial charge in [0.15, 0.2) is 0 Å². The van der Waals surface area contributed by atoms with Crippen molar-refractivity contribution in [3.63, 3.8) is 0 Å². The highest BCUT2D eigenvalue weighted by Crippen LogP contribution is 2.42. The Morgan fingerprint density at radius 3 is 1.96 bits per heavy atom. The van der Waals surface area contributed by atoms with Crippen LogP contribution in [-0.2, 0) is 10.8 Å². The Hall–Kier alpha value is -1.57. The first-order chi connectivity index (χ1) is 11.1. The number of hydrogen-bond acceptors (Lipinski definition) is 3. The fourth-order valence-corrected chi connectivity index (χ4v) is 3.00. The summed E-state index contributed by atoms with van der Waals surface area (Å²) in [5.74, 6) is 1.26. The molecule has 130 valence electrons. The zero-order valence-electron chi connectivity index (χ0n) is 15.3. The molecule has 2 aromatic rings. The fourth-order valence-electron chi connectivity index (χ4n) is 2.34. The van der Waals surface area contributed by atoms with Crippen molar-refractivity contribution in [1.29, 1.82) is 0 Å². The lowest BCUT2D eigenvalue weighted by Crippen LogP contribution is -2.17. The molecule has 24 heavy (non-hydrogen) atoms. The quantitative estimate of drug-likeness (QED) is 0.694. The second-order valence-electron chi connectivity index (χ2n) is 7.94. The zero-order chi connectivity index (χ0) is 18.0. The molecule has 2 aromatic carbocycles. The summed E-state index contributed by atoms with van der Waals surface area (Å²) in [6.07, 6.45) is 0. The van der Waals surface area contributed by atoms with Gasteiger partial charge in [-0.3, -0.25) is 0 Å². The maximum absolute atomic E-state index is 10.2. The van der Waals surface area contributed by atoms with Crippen LogP contribution in [0.3, 0.4) is 0 Å². The smallest absolute Gasteiger partial charge is 0.418 e. The highest BCUT2D eigenvalue weighted by Gasteiger charge is 2.25. The first-order valence-corrected chi connectivity index (χ1v) is 9.25. The lowest BCUT2D eigenvalue weighted by Gasteiger charge is -2.27. The van der Waals surface area contributed by atoms with E-state index >= 15 is 0 Å². The van der Waals surface area contributed by atoms with Crippen molar-refractivity contribution in [2.75, 3.05) is 0 Å². The first kappa shape index (κ1) is 18.8. The summed E-state index contributed by atoms with van der Waals surface area (Å²) < 4.78 is 11.2. The molecule has 1 atom stereocenters. The van der Waals surface area contributed by atoms with Crippen LogP contribution in [-0.4, -0.2) is 4.89 Å². The topological polar surface area (TPSA) is 38.7 Å². The molecular weight excluding hydrogens is 319 g/mol. The maximum atomic E-state index is 10.2. The number of rotatable bonds is 4. The van der Waals surface area contributed by atoms with E-state index in [0.717, 1.165) is 5.56 Å². The van der Waals surface area contributed by atoms with E-state index in [0.29, 0.717) is 11.5 Å². The maximum Gasteiger partial charge on any atom is 0.460 e. The third kappa shape index (κ3) is 4.96. The molecule has 0 heterocycles. The minimum absolute atomic E-state index is 0.0585. The molecule has 0 saturated carbocycles. The van der Waals surface area contributed by atoms with Gasteiger partial charge in [0, 0.05) is 5.56 Å². The van der Waals surface area contributed by atoms with Gasteiger partial charge in [-0.15, -0.1) is 0 Å². The van der Waals surface area contributed by atoms with Crippen molar-refractivity contribution >= 4 is 8.60 Å². The molecule has 0 spiro atoms. The minimum atomic E-state index is -2.03. The van der Waals surface area contributed by atoms with E-state index in [1.54, 1.807) is 12.1 Å². The Bertz CT molecular complexity index is 670. The molecule has 4 heteroatoms. The summed E-state index contributed by atoms with van der Waals surface area (Å²) >= 11 is 0. The second-order valence-corrected chi connectivity index (χ2v) is 8.79. The molecule has 0 aliphatic carbocycles. The summed E-state index contributed by atoms with van der Waals surface area (Å²) in [4.78, 5) is 10.2. The summed E-state index contributed by atoms with van der Waals surface area (Å²) in [7, 11) is -2.03. The molecule has 0 aromatic heterocycles. The second kappa shape index (κ2) is 7.13. The third-order valence-electron chi connectivity index (χ3n) is 3.76. The van der Waals surface area contributed by atoms with Crippen molar-refractivity contribution < 1.29 is 13.9 Å². The van der Waals surface area contributed by atoms with E-state index in [2.05, 4.69) is 53.7 Å². The number of para-hydroxylation sites is 1. The van der Waals surface area contributed by atoms with Crippen LogP contribution < -0.4 is 9.05 Å².